The van der Waals surface area contributed by atoms with E-state index in [0.717, 1.165) is 18.4 Å². The number of hydrogen-bond donors (Lipinski definition) is 3. The van der Waals surface area contributed by atoms with Gasteiger partial charge in [0.15, 0.2) is 0 Å². The van der Waals surface area contributed by atoms with Crippen molar-refractivity contribution in [3.63, 3.8) is 0 Å². The number of aliphatic hydroxyl groups is 1. The van der Waals surface area contributed by atoms with Gasteiger partial charge in [-0.2, -0.15) is 0 Å². The number of ether oxygens (including phenoxy) is 1. The number of benzene rings is 1. The number of aliphatic hydroxyl groups excluding tert-OH is 1. The van der Waals surface area contributed by atoms with Gasteiger partial charge in [-0.3, -0.25) is 4.79 Å². The summed E-state index contributed by atoms with van der Waals surface area (Å²) in [5.74, 6) is 0.782. The summed E-state index contributed by atoms with van der Waals surface area (Å²) in [4.78, 5) is 11.9. The predicted octanol–water partition coefficient (Wildman–Crippen LogP) is 3.01. The average Bonchev–Trinajstić information content (AvgIpc) is 2.60. The van der Waals surface area contributed by atoms with Crippen LogP contribution in [0.4, 0.5) is 0 Å². The minimum atomic E-state index is -0.566. The zero-order valence-corrected chi connectivity index (χ0v) is 15.9. The van der Waals surface area contributed by atoms with Gasteiger partial charge in [0.2, 0.25) is 5.91 Å². The molecular formula is C20H34N2O3. The summed E-state index contributed by atoms with van der Waals surface area (Å²) in [5.41, 5.74) is 0.924. The summed E-state index contributed by atoms with van der Waals surface area (Å²) in [6.45, 7) is 7.40. The lowest BCUT2D eigenvalue weighted by Crippen LogP contribution is -2.35. The quantitative estimate of drug-likeness (QED) is 0.478. The molecule has 0 aromatic heterocycles. The van der Waals surface area contributed by atoms with Crippen LogP contribution in [0, 0.1) is 0 Å². The van der Waals surface area contributed by atoms with Gasteiger partial charge >= 0.3 is 0 Å². The van der Waals surface area contributed by atoms with Crippen molar-refractivity contribution in [2.24, 2.45) is 0 Å². The van der Waals surface area contributed by atoms with E-state index < -0.39 is 6.10 Å². The first-order valence-corrected chi connectivity index (χ1v) is 9.41. The van der Waals surface area contributed by atoms with Gasteiger partial charge in [-0.15, -0.1) is 0 Å². The minimum absolute atomic E-state index is 0.0760. The highest BCUT2D eigenvalue weighted by Gasteiger charge is 2.09. The molecule has 25 heavy (non-hydrogen) atoms. The van der Waals surface area contributed by atoms with E-state index >= 15 is 0 Å². The Labute approximate surface area is 152 Å². The normalized spacial score (nSPS) is 12.2. The van der Waals surface area contributed by atoms with Gasteiger partial charge in [0.25, 0.3) is 0 Å². The molecule has 1 atom stereocenters. The molecule has 1 amide bonds. The third-order valence-electron chi connectivity index (χ3n) is 3.90. The van der Waals surface area contributed by atoms with Crippen molar-refractivity contribution in [1.82, 2.24) is 10.6 Å². The monoisotopic (exact) mass is 350 g/mol. The van der Waals surface area contributed by atoms with E-state index in [1.807, 2.05) is 38.1 Å². The van der Waals surface area contributed by atoms with Crippen LogP contribution in [0.3, 0.4) is 0 Å². The molecule has 1 rings (SSSR count). The van der Waals surface area contributed by atoms with E-state index in [1.54, 1.807) is 0 Å². The molecule has 1 aromatic rings. The van der Waals surface area contributed by atoms with Crippen molar-refractivity contribution in [3.8, 4) is 5.75 Å². The van der Waals surface area contributed by atoms with Gasteiger partial charge in [-0.25, -0.2) is 0 Å². The molecule has 0 fully saturated rings. The van der Waals surface area contributed by atoms with Gasteiger partial charge in [-0.05, 0) is 12.5 Å². The summed E-state index contributed by atoms with van der Waals surface area (Å²) < 4.78 is 5.74. The van der Waals surface area contributed by atoms with Crippen molar-refractivity contribution in [1.29, 1.82) is 0 Å². The number of nitrogens with one attached hydrogen (secondary N) is 2. The number of rotatable bonds is 13. The number of para-hydroxylation sites is 1. The molecule has 3 N–H and O–H groups in total. The molecule has 0 heterocycles. The first-order chi connectivity index (χ1) is 12.0. The van der Waals surface area contributed by atoms with Gasteiger partial charge < -0.3 is 20.5 Å². The number of unbranched alkanes of at least 4 members (excludes halogenated alkanes) is 3. The Morgan fingerprint density at radius 3 is 2.68 bits per heavy atom. The standard InChI is InChI=1S/C20H34N2O3/c1-4-5-6-7-12-20(24)22-13-17-10-8-9-11-19(17)25-15-18(23)14-21-16(2)3/h8-11,16,18,21,23H,4-7,12-15H2,1-3H3,(H,22,24)/t18-/m0/s1. The minimum Gasteiger partial charge on any atom is -0.490 e. The largest absolute Gasteiger partial charge is 0.490 e. The number of carbonyl (C=O) groups excluding carboxylic acids is 1. The highest BCUT2D eigenvalue weighted by molar-refractivity contribution is 5.75. The molecule has 0 radical (unpaired) electrons. The zero-order chi connectivity index (χ0) is 18.5. The fraction of sp³-hybridized carbons (Fsp3) is 0.650. The lowest BCUT2D eigenvalue weighted by molar-refractivity contribution is -0.121. The Kier molecular flexibility index (Phi) is 10.9. The predicted molar refractivity (Wildman–Crippen MR) is 102 cm³/mol. The molecule has 5 heteroatoms. The van der Waals surface area contributed by atoms with Crippen LogP contribution in [0.5, 0.6) is 5.75 Å². The van der Waals surface area contributed by atoms with Gasteiger partial charge in [0, 0.05) is 31.1 Å². The maximum Gasteiger partial charge on any atom is 0.220 e. The molecule has 142 valence electrons. The Balaban J connectivity index is 2.39. The second-order valence-electron chi connectivity index (χ2n) is 6.72. The van der Waals surface area contributed by atoms with E-state index in [1.165, 1.54) is 12.8 Å². The van der Waals surface area contributed by atoms with Crippen LogP contribution >= 0.6 is 0 Å². The summed E-state index contributed by atoms with van der Waals surface area (Å²) in [5, 5.41) is 16.1. The Hall–Kier alpha value is -1.59. The fourth-order valence-electron chi connectivity index (χ4n) is 2.40. The molecule has 0 bridgehead atoms. The second-order valence-corrected chi connectivity index (χ2v) is 6.72. The Morgan fingerprint density at radius 1 is 1.20 bits per heavy atom. The SMILES string of the molecule is CCCCCCC(=O)NCc1ccccc1OC[C@@H](O)CNC(C)C. The fourth-order valence-corrected chi connectivity index (χ4v) is 2.40. The van der Waals surface area contributed by atoms with Crippen molar-refractivity contribution in [2.75, 3.05) is 13.2 Å². The molecule has 0 aliphatic carbocycles. The molecular weight excluding hydrogens is 316 g/mol. The van der Waals surface area contributed by atoms with Crippen molar-refractivity contribution >= 4 is 5.91 Å². The van der Waals surface area contributed by atoms with Crippen LogP contribution in [0.25, 0.3) is 0 Å². The van der Waals surface area contributed by atoms with Crippen molar-refractivity contribution < 1.29 is 14.6 Å². The van der Waals surface area contributed by atoms with Crippen LogP contribution < -0.4 is 15.4 Å². The number of amides is 1. The highest BCUT2D eigenvalue weighted by atomic mass is 16.5. The van der Waals surface area contributed by atoms with Crippen LogP contribution in [0.15, 0.2) is 24.3 Å². The Morgan fingerprint density at radius 2 is 1.96 bits per heavy atom. The first kappa shape index (κ1) is 21.5. The van der Waals surface area contributed by atoms with Crippen LogP contribution in [0.1, 0.15) is 58.4 Å². The molecule has 1 aromatic carbocycles. The number of hydrogen-bond acceptors (Lipinski definition) is 4. The van der Waals surface area contributed by atoms with E-state index in [-0.39, 0.29) is 12.5 Å². The van der Waals surface area contributed by atoms with Crippen molar-refractivity contribution in [2.45, 2.75) is 71.6 Å². The maximum absolute atomic E-state index is 11.9. The first-order valence-electron chi connectivity index (χ1n) is 9.41. The van der Waals surface area contributed by atoms with Gasteiger partial charge in [-0.1, -0.05) is 58.2 Å². The molecule has 0 unspecified atom stereocenters. The van der Waals surface area contributed by atoms with Crippen LogP contribution in [-0.2, 0) is 11.3 Å². The molecule has 0 aliphatic heterocycles. The molecule has 0 aliphatic rings. The van der Waals surface area contributed by atoms with E-state index in [0.29, 0.717) is 31.3 Å². The smallest absolute Gasteiger partial charge is 0.220 e. The Bertz CT molecular complexity index is 492. The lowest BCUT2D eigenvalue weighted by Gasteiger charge is -2.17. The van der Waals surface area contributed by atoms with E-state index in [2.05, 4.69) is 17.6 Å². The third kappa shape index (κ3) is 10.1. The number of carbonyl (C=O) groups is 1. The van der Waals surface area contributed by atoms with Gasteiger partial charge in [0.1, 0.15) is 18.5 Å². The summed E-state index contributed by atoms with van der Waals surface area (Å²) in [6, 6.07) is 7.95. The summed E-state index contributed by atoms with van der Waals surface area (Å²) >= 11 is 0. The average molecular weight is 351 g/mol. The van der Waals surface area contributed by atoms with E-state index in [4.69, 9.17) is 4.74 Å². The topological polar surface area (TPSA) is 70.6 Å². The maximum atomic E-state index is 11.9. The van der Waals surface area contributed by atoms with Crippen LogP contribution in [-0.4, -0.2) is 36.3 Å². The molecule has 5 nitrogen and oxygen atoms in total. The third-order valence-corrected chi connectivity index (χ3v) is 3.90. The highest BCUT2D eigenvalue weighted by Crippen LogP contribution is 2.18. The molecule has 0 saturated carbocycles. The van der Waals surface area contributed by atoms with Crippen molar-refractivity contribution in [3.05, 3.63) is 29.8 Å². The summed E-state index contributed by atoms with van der Waals surface area (Å²) in [7, 11) is 0. The van der Waals surface area contributed by atoms with Gasteiger partial charge in [0.05, 0.1) is 0 Å². The lowest BCUT2D eigenvalue weighted by atomic mass is 10.1. The molecule has 0 saturated heterocycles. The van der Waals surface area contributed by atoms with E-state index in [9.17, 15) is 9.90 Å². The zero-order valence-electron chi connectivity index (χ0n) is 15.9. The van der Waals surface area contributed by atoms with Crippen LogP contribution in [0.2, 0.25) is 0 Å². The second kappa shape index (κ2) is 12.7. The summed E-state index contributed by atoms with van der Waals surface area (Å²) in [6.07, 6.45) is 4.40. The molecule has 0 spiro atoms.